The molecule has 8 heteroatoms. The van der Waals surface area contributed by atoms with Crippen molar-refractivity contribution < 1.29 is 38.2 Å². The van der Waals surface area contributed by atoms with Gasteiger partial charge in [-0.3, -0.25) is 9.59 Å². The number of hydrogen-bond acceptors (Lipinski definition) is 6. The second-order valence-electron chi connectivity index (χ2n) is 19.8. The third-order valence-electron chi connectivity index (χ3n) is 12.4. The Morgan fingerprint density at radius 3 is 1.25 bits per heavy atom. The predicted molar refractivity (Wildman–Crippen MR) is 284 cm³/mol. The maximum absolute atomic E-state index is 12.8. The van der Waals surface area contributed by atoms with Crippen molar-refractivity contribution in [1.82, 2.24) is 0 Å². The van der Waals surface area contributed by atoms with Crippen LogP contribution in [0.1, 0.15) is 245 Å². The van der Waals surface area contributed by atoms with E-state index in [1.807, 2.05) is 21.1 Å². The molecule has 0 saturated heterocycles. The van der Waals surface area contributed by atoms with Crippen LogP contribution in [0.2, 0.25) is 0 Å². The zero-order valence-corrected chi connectivity index (χ0v) is 44.3. The van der Waals surface area contributed by atoms with Gasteiger partial charge in [0.25, 0.3) is 0 Å². The molecule has 2 atom stereocenters. The number of rotatable bonds is 50. The van der Waals surface area contributed by atoms with Crippen molar-refractivity contribution in [1.29, 1.82) is 0 Å². The summed E-state index contributed by atoms with van der Waals surface area (Å²) in [5.41, 5.74) is 0. The number of unbranched alkanes of at least 4 members (excludes halogenated alkanes) is 26. The molecule has 0 rings (SSSR count). The van der Waals surface area contributed by atoms with Crippen LogP contribution < -0.4 is 0 Å². The largest absolute Gasteiger partial charge is 0.477 e. The molecule has 0 heterocycles. The number of carboxylic acids is 1. The number of aliphatic carboxylic acids is 1. The molecule has 0 bridgehead atoms. The van der Waals surface area contributed by atoms with E-state index in [-0.39, 0.29) is 36.2 Å². The van der Waals surface area contributed by atoms with E-state index in [0.717, 1.165) is 70.6 Å². The van der Waals surface area contributed by atoms with Crippen LogP contribution in [0.4, 0.5) is 0 Å². The lowest BCUT2D eigenvalue weighted by Crippen LogP contribution is -2.50. The summed E-state index contributed by atoms with van der Waals surface area (Å²) in [6.45, 7) is 4.64. The molecule has 1 N–H and O–H groups in total. The molecule has 0 radical (unpaired) electrons. The Balaban J connectivity index is 4.21. The Bertz CT molecular complexity index is 1280. The van der Waals surface area contributed by atoms with Gasteiger partial charge in [-0.05, 0) is 77.0 Å². The van der Waals surface area contributed by atoms with Gasteiger partial charge in [-0.2, -0.15) is 0 Å². The topological polar surface area (TPSA) is 99.1 Å². The molecule has 0 aliphatic heterocycles. The molecule has 0 aliphatic carbocycles. The molecular formula is C59H106NO7+. The third kappa shape index (κ3) is 47.9. The Morgan fingerprint density at radius 1 is 0.463 bits per heavy atom. The number of hydrogen-bond donors (Lipinski definition) is 1. The fourth-order valence-electron chi connectivity index (χ4n) is 8.14. The second kappa shape index (κ2) is 49.5. The van der Waals surface area contributed by atoms with Crippen LogP contribution in [0.3, 0.4) is 0 Å². The number of allylic oxidation sites excluding steroid dienone is 10. The van der Waals surface area contributed by atoms with Crippen molar-refractivity contribution >= 4 is 17.9 Å². The molecule has 8 nitrogen and oxygen atoms in total. The summed E-state index contributed by atoms with van der Waals surface area (Å²) in [5.74, 6) is -1.48. The van der Waals surface area contributed by atoms with E-state index in [0.29, 0.717) is 19.3 Å². The lowest BCUT2D eigenvalue weighted by Gasteiger charge is -2.31. The normalized spacial score (nSPS) is 13.3. The number of carbonyl (C=O) groups is 3. The molecule has 0 aromatic rings. The average Bonchev–Trinajstić information content (AvgIpc) is 3.29. The number of carboxylic acid groups (broad SMARTS) is 1. The van der Waals surface area contributed by atoms with Crippen molar-refractivity contribution in [3.05, 3.63) is 60.8 Å². The first kappa shape index (κ1) is 64.0. The Labute approximate surface area is 413 Å². The van der Waals surface area contributed by atoms with Gasteiger partial charge >= 0.3 is 17.9 Å². The van der Waals surface area contributed by atoms with Crippen molar-refractivity contribution in [2.45, 2.75) is 257 Å². The Hall–Kier alpha value is -2.97. The Morgan fingerprint density at radius 2 is 0.836 bits per heavy atom. The standard InChI is InChI=1S/C59H105NO7/c1-6-8-10-12-14-16-18-20-22-24-26-28-29-30-32-34-36-38-40-42-44-46-48-50-58(62)67-55(53-65-52-51-56(59(63)64)60(3,4)5)54-66-57(61)49-47-45-43-41-39-37-35-33-31-27-25-23-21-19-17-15-13-11-9-7-2/h9,11,15,17,21,23,27,30-32,55-56H,6-8,10,12-14,16,18-20,22,24-26,28-29,33-54H2,1-5H3/p+1/b11-9+,17-15+,23-21+,31-27+,32-30+. The van der Waals surface area contributed by atoms with Crippen LogP contribution in [0.25, 0.3) is 0 Å². The molecule has 0 amide bonds. The van der Waals surface area contributed by atoms with Gasteiger partial charge in [0.05, 0.1) is 34.4 Å². The van der Waals surface area contributed by atoms with E-state index in [9.17, 15) is 19.5 Å². The summed E-state index contributed by atoms with van der Waals surface area (Å²) < 4.78 is 17.4. The molecule has 0 fully saturated rings. The zero-order valence-electron chi connectivity index (χ0n) is 44.3. The van der Waals surface area contributed by atoms with Crippen molar-refractivity contribution in [3.8, 4) is 0 Å². The van der Waals surface area contributed by atoms with Gasteiger partial charge in [0.1, 0.15) is 6.61 Å². The number of ether oxygens (including phenoxy) is 3. The highest BCUT2D eigenvalue weighted by molar-refractivity contribution is 5.72. The van der Waals surface area contributed by atoms with E-state index in [4.69, 9.17) is 14.2 Å². The van der Waals surface area contributed by atoms with Gasteiger partial charge in [0.15, 0.2) is 12.1 Å². The van der Waals surface area contributed by atoms with E-state index in [1.54, 1.807) is 0 Å². The van der Waals surface area contributed by atoms with Crippen LogP contribution in [0.5, 0.6) is 0 Å². The summed E-state index contributed by atoms with van der Waals surface area (Å²) in [4.78, 5) is 37.3. The number of carbonyl (C=O) groups excluding carboxylic acids is 2. The third-order valence-corrected chi connectivity index (χ3v) is 12.4. The quantitative estimate of drug-likeness (QED) is 0.0281. The first-order chi connectivity index (χ1) is 32.6. The van der Waals surface area contributed by atoms with Gasteiger partial charge in [0, 0.05) is 19.3 Å². The van der Waals surface area contributed by atoms with Crippen molar-refractivity contribution in [2.24, 2.45) is 0 Å². The van der Waals surface area contributed by atoms with Gasteiger partial charge in [0.2, 0.25) is 0 Å². The minimum Gasteiger partial charge on any atom is -0.477 e. The molecule has 0 spiro atoms. The summed E-state index contributed by atoms with van der Waals surface area (Å²) >= 11 is 0. The maximum Gasteiger partial charge on any atom is 0.362 e. The molecule has 0 aromatic heterocycles. The van der Waals surface area contributed by atoms with Crippen LogP contribution in [-0.4, -0.2) is 80.6 Å². The summed E-state index contributed by atoms with van der Waals surface area (Å²) in [7, 11) is 5.54. The van der Waals surface area contributed by atoms with Gasteiger partial charge in [-0.25, -0.2) is 4.79 Å². The van der Waals surface area contributed by atoms with E-state index < -0.39 is 18.1 Å². The highest BCUT2D eigenvalue weighted by Crippen LogP contribution is 2.16. The molecule has 0 aromatic carbocycles. The molecular weight excluding hydrogens is 835 g/mol. The maximum atomic E-state index is 12.8. The highest BCUT2D eigenvalue weighted by Gasteiger charge is 2.31. The van der Waals surface area contributed by atoms with Crippen molar-refractivity contribution in [3.63, 3.8) is 0 Å². The van der Waals surface area contributed by atoms with Crippen LogP contribution in [0, 0.1) is 0 Å². The molecule has 388 valence electrons. The second-order valence-corrected chi connectivity index (χ2v) is 19.8. The summed E-state index contributed by atoms with van der Waals surface area (Å²) in [6, 6.07) is -0.620. The fraction of sp³-hybridized carbons (Fsp3) is 0.780. The predicted octanol–water partition coefficient (Wildman–Crippen LogP) is 16.5. The van der Waals surface area contributed by atoms with Gasteiger partial charge in [-0.1, -0.05) is 209 Å². The van der Waals surface area contributed by atoms with Gasteiger partial charge in [-0.15, -0.1) is 0 Å². The first-order valence-corrected chi connectivity index (χ1v) is 27.8. The smallest absolute Gasteiger partial charge is 0.362 e. The number of nitrogens with zero attached hydrogens (tertiary/aromatic N) is 1. The lowest BCUT2D eigenvalue weighted by molar-refractivity contribution is -0.887. The van der Waals surface area contributed by atoms with Crippen LogP contribution >= 0.6 is 0 Å². The number of likely N-dealkylation sites (N-methyl/N-ethyl adjacent to an activating group) is 1. The average molecular weight is 941 g/mol. The fourth-order valence-corrected chi connectivity index (χ4v) is 8.14. The first-order valence-electron chi connectivity index (χ1n) is 27.8. The minimum atomic E-state index is -0.877. The Kier molecular flexibility index (Phi) is 47.3. The van der Waals surface area contributed by atoms with Crippen LogP contribution in [-0.2, 0) is 28.6 Å². The number of esters is 2. The molecule has 0 saturated carbocycles. The summed E-state index contributed by atoms with van der Waals surface area (Å²) in [6.07, 6.45) is 62.8. The molecule has 67 heavy (non-hydrogen) atoms. The monoisotopic (exact) mass is 941 g/mol. The minimum absolute atomic E-state index is 0.0549. The molecule has 2 unspecified atom stereocenters. The zero-order chi connectivity index (χ0) is 49.2. The number of quaternary nitrogens is 1. The van der Waals surface area contributed by atoms with E-state index in [1.165, 1.54) is 141 Å². The van der Waals surface area contributed by atoms with Gasteiger partial charge < -0.3 is 23.8 Å². The van der Waals surface area contributed by atoms with E-state index in [2.05, 4.69) is 74.6 Å². The molecule has 0 aliphatic rings. The highest BCUT2D eigenvalue weighted by atomic mass is 16.6. The van der Waals surface area contributed by atoms with E-state index >= 15 is 0 Å². The van der Waals surface area contributed by atoms with Crippen LogP contribution in [0.15, 0.2) is 60.8 Å². The summed E-state index contributed by atoms with van der Waals surface area (Å²) in [5, 5.41) is 9.67. The SMILES string of the molecule is CC/C=C/C/C=C/C/C=C/C/C=C/CCCCCCCCCC(=O)OCC(COCCC(C(=O)O)[N+](C)(C)C)OC(=O)CCCCCCCCC/C=C/CCCCCCCCCCCCCC. The van der Waals surface area contributed by atoms with Crippen molar-refractivity contribution in [2.75, 3.05) is 41.0 Å². The lowest BCUT2D eigenvalue weighted by atomic mass is 10.0.